The number of unbranched alkanes of at least 4 members (excludes halogenated alkanes) is 10. The highest BCUT2D eigenvalue weighted by Gasteiger charge is 2.52. The van der Waals surface area contributed by atoms with Crippen LogP contribution < -0.4 is 0 Å². The van der Waals surface area contributed by atoms with Gasteiger partial charge in [0, 0.05) is 12.8 Å². The lowest BCUT2D eigenvalue weighted by Crippen LogP contribution is -2.47. The Kier molecular flexibility index (Phi) is 9.15. The maximum atomic E-state index is 11.5. The molecule has 2 spiro atoms. The molecule has 3 aliphatic rings. The maximum Gasteiger partial charge on any atom is 0.178 e. The van der Waals surface area contributed by atoms with Crippen molar-refractivity contribution in [2.45, 2.75) is 133 Å². The first-order chi connectivity index (χ1) is 14.5. The lowest BCUT2D eigenvalue weighted by Gasteiger charge is -2.42. The standard InChI is InChI=1S/C26H42O4/c1-2-3-4-5-6-7-8-9-10-11-12-13-24-20-23(28)21-26(29-24)19-18-25(30-26)16-14-22(27)15-17-25/h14-17,23-24,28H,2-13,18-21H2,1H3/t23?,24-,26?/m1/s1. The van der Waals surface area contributed by atoms with E-state index in [1.165, 1.54) is 64.2 Å². The summed E-state index contributed by atoms with van der Waals surface area (Å²) in [7, 11) is 0. The number of aliphatic hydroxyl groups is 1. The third-order valence-electron chi connectivity index (χ3n) is 6.92. The SMILES string of the molecule is CCCCCCCCCCCCC[C@@H]1CC(O)CC2(CCC3(C=CC(=O)C=C3)O2)O1. The highest BCUT2D eigenvalue weighted by atomic mass is 16.7. The van der Waals surface area contributed by atoms with E-state index in [4.69, 9.17) is 9.47 Å². The molecular formula is C26H42O4. The van der Waals surface area contributed by atoms with Gasteiger partial charge in [-0.2, -0.15) is 0 Å². The third-order valence-corrected chi connectivity index (χ3v) is 6.92. The molecule has 3 atom stereocenters. The summed E-state index contributed by atoms with van der Waals surface area (Å²) in [6.07, 6.45) is 25.1. The van der Waals surface area contributed by atoms with Crippen molar-refractivity contribution < 1.29 is 19.4 Å². The van der Waals surface area contributed by atoms with Crippen molar-refractivity contribution in [3.05, 3.63) is 24.3 Å². The topological polar surface area (TPSA) is 55.8 Å². The molecule has 2 fully saturated rings. The van der Waals surface area contributed by atoms with Gasteiger partial charge in [-0.05, 0) is 43.6 Å². The van der Waals surface area contributed by atoms with Gasteiger partial charge >= 0.3 is 0 Å². The van der Waals surface area contributed by atoms with Gasteiger partial charge in [0.2, 0.25) is 0 Å². The molecular weight excluding hydrogens is 376 g/mol. The molecule has 30 heavy (non-hydrogen) atoms. The predicted molar refractivity (Wildman–Crippen MR) is 120 cm³/mol. The molecule has 2 saturated heterocycles. The first-order valence-corrected chi connectivity index (χ1v) is 12.5. The summed E-state index contributed by atoms with van der Waals surface area (Å²) in [5.41, 5.74) is -0.536. The summed E-state index contributed by atoms with van der Waals surface area (Å²) in [6.45, 7) is 2.27. The van der Waals surface area contributed by atoms with E-state index in [1.54, 1.807) is 12.2 Å². The number of aliphatic hydroxyl groups excluding tert-OH is 1. The van der Waals surface area contributed by atoms with E-state index in [1.807, 2.05) is 12.2 Å². The fraction of sp³-hybridized carbons (Fsp3) is 0.808. The smallest absolute Gasteiger partial charge is 0.178 e. The fourth-order valence-corrected chi connectivity index (χ4v) is 5.21. The molecule has 1 aliphatic carbocycles. The maximum absolute atomic E-state index is 11.5. The number of allylic oxidation sites excluding steroid dienone is 2. The zero-order valence-corrected chi connectivity index (χ0v) is 18.9. The molecule has 2 aliphatic heterocycles. The monoisotopic (exact) mass is 418 g/mol. The molecule has 4 nitrogen and oxygen atoms in total. The zero-order chi connectivity index (χ0) is 21.3. The minimum Gasteiger partial charge on any atom is -0.393 e. The molecule has 0 radical (unpaired) electrons. The van der Waals surface area contributed by atoms with Gasteiger partial charge in [0.25, 0.3) is 0 Å². The van der Waals surface area contributed by atoms with Crippen LogP contribution in [0.4, 0.5) is 0 Å². The Balaban J connectivity index is 1.31. The van der Waals surface area contributed by atoms with E-state index in [9.17, 15) is 9.90 Å². The third kappa shape index (κ3) is 7.03. The Morgan fingerprint density at radius 3 is 2.17 bits per heavy atom. The molecule has 3 rings (SSSR count). The largest absolute Gasteiger partial charge is 0.393 e. The summed E-state index contributed by atoms with van der Waals surface area (Å²) in [6, 6.07) is 0. The molecule has 0 aromatic carbocycles. The van der Waals surface area contributed by atoms with Crippen molar-refractivity contribution in [2.24, 2.45) is 0 Å². The normalized spacial score (nSPS) is 30.0. The first-order valence-electron chi connectivity index (χ1n) is 12.5. The summed E-state index contributed by atoms with van der Waals surface area (Å²) >= 11 is 0. The second-order valence-corrected chi connectivity index (χ2v) is 9.69. The summed E-state index contributed by atoms with van der Waals surface area (Å²) < 4.78 is 12.8. The van der Waals surface area contributed by atoms with Crippen LogP contribution in [0.5, 0.6) is 0 Å². The van der Waals surface area contributed by atoms with E-state index in [2.05, 4.69) is 6.92 Å². The van der Waals surface area contributed by atoms with E-state index < -0.39 is 11.4 Å². The fourth-order valence-electron chi connectivity index (χ4n) is 5.21. The van der Waals surface area contributed by atoms with Gasteiger partial charge in [0.1, 0.15) is 5.60 Å². The van der Waals surface area contributed by atoms with Gasteiger partial charge < -0.3 is 14.6 Å². The molecule has 2 unspecified atom stereocenters. The van der Waals surface area contributed by atoms with Crippen LogP contribution in [0.3, 0.4) is 0 Å². The van der Waals surface area contributed by atoms with Crippen LogP contribution in [0.2, 0.25) is 0 Å². The molecule has 170 valence electrons. The minimum absolute atomic E-state index is 0.00384. The van der Waals surface area contributed by atoms with Gasteiger partial charge in [-0.1, -0.05) is 77.6 Å². The lowest BCUT2D eigenvalue weighted by molar-refractivity contribution is -0.292. The number of rotatable bonds is 12. The number of ketones is 1. The number of ether oxygens (including phenoxy) is 2. The van der Waals surface area contributed by atoms with Crippen LogP contribution in [-0.2, 0) is 14.3 Å². The van der Waals surface area contributed by atoms with Crippen LogP contribution in [0.1, 0.15) is 110 Å². The molecule has 0 aromatic heterocycles. The Morgan fingerprint density at radius 1 is 0.933 bits per heavy atom. The predicted octanol–water partition coefficient (Wildman–Crippen LogP) is 6.17. The van der Waals surface area contributed by atoms with Crippen LogP contribution in [0, 0.1) is 0 Å². The summed E-state index contributed by atoms with van der Waals surface area (Å²) in [5, 5.41) is 10.5. The molecule has 0 aromatic rings. The molecule has 1 N–H and O–H groups in total. The average molecular weight is 419 g/mol. The average Bonchev–Trinajstić information content (AvgIpc) is 3.05. The highest BCUT2D eigenvalue weighted by molar-refractivity contribution is 6.00. The van der Waals surface area contributed by atoms with E-state index in [-0.39, 0.29) is 18.0 Å². The molecule has 0 saturated carbocycles. The van der Waals surface area contributed by atoms with Gasteiger partial charge in [-0.25, -0.2) is 0 Å². The second-order valence-electron chi connectivity index (χ2n) is 9.69. The Labute approximate surface area is 183 Å². The molecule has 0 amide bonds. The van der Waals surface area contributed by atoms with Gasteiger partial charge in [-0.3, -0.25) is 4.79 Å². The van der Waals surface area contributed by atoms with Gasteiger partial charge in [-0.15, -0.1) is 0 Å². The van der Waals surface area contributed by atoms with Crippen LogP contribution in [0.25, 0.3) is 0 Å². The van der Waals surface area contributed by atoms with Crippen LogP contribution in [0.15, 0.2) is 24.3 Å². The molecule has 2 heterocycles. The van der Waals surface area contributed by atoms with Crippen molar-refractivity contribution in [3.8, 4) is 0 Å². The Hall–Kier alpha value is -0.970. The Morgan fingerprint density at radius 2 is 1.53 bits per heavy atom. The van der Waals surface area contributed by atoms with Crippen molar-refractivity contribution >= 4 is 5.78 Å². The second kappa shape index (κ2) is 11.6. The lowest BCUT2D eigenvalue weighted by atomic mass is 9.91. The minimum atomic E-state index is -0.699. The summed E-state index contributed by atoms with van der Waals surface area (Å²) in [4.78, 5) is 11.5. The number of hydrogen-bond donors (Lipinski definition) is 1. The van der Waals surface area contributed by atoms with Crippen molar-refractivity contribution in [3.63, 3.8) is 0 Å². The van der Waals surface area contributed by atoms with Gasteiger partial charge in [0.05, 0.1) is 12.2 Å². The van der Waals surface area contributed by atoms with Crippen molar-refractivity contribution in [1.82, 2.24) is 0 Å². The van der Waals surface area contributed by atoms with Gasteiger partial charge in [0.15, 0.2) is 11.6 Å². The van der Waals surface area contributed by atoms with Crippen molar-refractivity contribution in [1.29, 1.82) is 0 Å². The number of carbonyl (C=O) groups excluding carboxylic acids is 1. The van der Waals surface area contributed by atoms with Crippen molar-refractivity contribution in [2.75, 3.05) is 0 Å². The number of hydrogen-bond acceptors (Lipinski definition) is 4. The zero-order valence-electron chi connectivity index (χ0n) is 18.9. The quantitative estimate of drug-likeness (QED) is 0.385. The summed E-state index contributed by atoms with van der Waals surface area (Å²) in [5.74, 6) is -0.695. The van der Waals surface area contributed by atoms with Crippen LogP contribution >= 0.6 is 0 Å². The first kappa shape index (κ1) is 23.7. The van der Waals surface area contributed by atoms with Crippen LogP contribution in [-0.4, -0.2) is 34.5 Å². The van der Waals surface area contributed by atoms with E-state index >= 15 is 0 Å². The highest BCUT2D eigenvalue weighted by Crippen LogP contribution is 2.47. The van der Waals surface area contributed by atoms with E-state index in [0.717, 1.165) is 25.7 Å². The van der Waals surface area contributed by atoms with E-state index in [0.29, 0.717) is 12.8 Å². The number of carbonyl (C=O) groups is 1. The molecule has 0 bridgehead atoms. The molecule has 4 heteroatoms. The Bertz CT molecular complexity index is 580.